The molecule has 2 aromatic heterocycles. The van der Waals surface area contributed by atoms with E-state index in [-0.39, 0.29) is 5.76 Å². The summed E-state index contributed by atoms with van der Waals surface area (Å²) in [5.41, 5.74) is 0.627. The van der Waals surface area contributed by atoms with Crippen molar-refractivity contribution in [2.45, 2.75) is 10.8 Å². The van der Waals surface area contributed by atoms with Crippen molar-refractivity contribution < 1.29 is 14.3 Å². The molecule has 0 saturated heterocycles. The van der Waals surface area contributed by atoms with Crippen molar-refractivity contribution in [1.29, 1.82) is 0 Å². The van der Waals surface area contributed by atoms with E-state index in [4.69, 9.17) is 32.7 Å². The van der Waals surface area contributed by atoms with Crippen LogP contribution >= 0.6 is 35.0 Å². The monoisotopic (exact) mass is 303 g/mol. The normalized spacial score (nSPS) is 10.6. The molecule has 0 aliphatic carbocycles. The molecule has 0 aromatic carbocycles. The van der Waals surface area contributed by atoms with Gasteiger partial charge in [0.1, 0.15) is 5.15 Å². The number of carboxylic acid groups (broad SMARTS) is 1. The topological polar surface area (TPSA) is 63.3 Å². The summed E-state index contributed by atoms with van der Waals surface area (Å²) in [6.45, 7) is 0. The first-order chi connectivity index (χ1) is 8.56. The first-order valence-corrected chi connectivity index (χ1v) is 6.57. The van der Waals surface area contributed by atoms with Gasteiger partial charge in [-0.2, -0.15) is 0 Å². The highest BCUT2D eigenvalue weighted by atomic mass is 35.5. The molecule has 0 spiro atoms. The van der Waals surface area contributed by atoms with Gasteiger partial charge < -0.3 is 9.52 Å². The number of nitrogens with zero attached hydrogens (tertiary/aromatic N) is 1. The molecule has 0 unspecified atom stereocenters. The lowest BCUT2D eigenvalue weighted by atomic mass is 10.4. The summed E-state index contributed by atoms with van der Waals surface area (Å²) < 4.78 is 5.10. The molecule has 7 heteroatoms. The predicted octanol–water partition coefficient (Wildman–Crippen LogP) is 3.97. The Morgan fingerprint density at radius 3 is 2.78 bits per heavy atom. The van der Waals surface area contributed by atoms with E-state index in [0.29, 0.717) is 26.7 Å². The molecule has 18 heavy (non-hydrogen) atoms. The number of carboxylic acids is 1. The fourth-order valence-electron chi connectivity index (χ4n) is 1.21. The van der Waals surface area contributed by atoms with E-state index in [2.05, 4.69) is 4.98 Å². The molecular weight excluding hydrogens is 297 g/mol. The second-order valence-electron chi connectivity index (χ2n) is 3.28. The van der Waals surface area contributed by atoms with Gasteiger partial charge in [-0.15, -0.1) is 0 Å². The maximum absolute atomic E-state index is 10.6. The molecule has 0 amide bonds. The highest BCUT2D eigenvalue weighted by Crippen LogP contribution is 2.27. The lowest BCUT2D eigenvalue weighted by Gasteiger charge is -2.01. The van der Waals surface area contributed by atoms with Crippen LogP contribution in [-0.2, 0) is 5.75 Å². The summed E-state index contributed by atoms with van der Waals surface area (Å²) in [5, 5.41) is 10.1. The number of hydrogen-bond acceptors (Lipinski definition) is 4. The Labute approximate surface area is 117 Å². The van der Waals surface area contributed by atoms with E-state index in [1.807, 2.05) is 0 Å². The Kier molecular flexibility index (Phi) is 4.16. The number of hydrogen-bond donors (Lipinski definition) is 1. The third-order valence-electron chi connectivity index (χ3n) is 2.03. The molecule has 0 fully saturated rings. The zero-order valence-corrected chi connectivity index (χ0v) is 11.2. The third-order valence-corrected chi connectivity index (χ3v) is 3.50. The molecule has 2 rings (SSSR count). The fourth-order valence-corrected chi connectivity index (χ4v) is 2.44. The van der Waals surface area contributed by atoms with Crippen LogP contribution in [0.1, 0.15) is 16.2 Å². The van der Waals surface area contributed by atoms with Gasteiger partial charge in [-0.3, -0.25) is 0 Å². The molecule has 94 valence electrons. The van der Waals surface area contributed by atoms with Crippen LogP contribution in [0.5, 0.6) is 0 Å². The largest absolute Gasteiger partial charge is 0.475 e. The summed E-state index contributed by atoms with van der Waals surface area (Å²) in [6, 6.07) is 6.26. The summed E-state index contributed by atoms with van der Waals surface area (Å²) in [4.78, 5) is 14.7. The highest BCUT2D eigenvalue weighted by Gasteiger charge is 2.10. The summed E-state index contributed by atoms with van der Waals surface area (Å²) in [5.74, 6) is -0.741. The van der Waals surface area contributed by atoms with Crippen molar-refractivity contribution in [3.8, 4) is 0 Å². The van der Waals surface area contributed by atoms with Crippen molar-refractivity contribution in [3.63, 3.8) is 0 Å². The van der Waals surface area contributed by atoms with Crippen LogP contribution in [0.4, 0.5) is 0 Å². The number of aromatic nitrogens is 1. The molecule has 2 aromatic rings. The molecule has 2 heterocycles. The lowest BCUT2D eigenvalue weighted by molar-refractivity contribution is 0.0656. The predicted molar refractivity (Wildman–Crippen MR) is 69.5 cm³/mol. The molecule has 1 N–H and O–H groups in total. The van der Waals surface area contributed by atoms with Gasteiger partial charge in [-0.05, 0) is 24.3 Å². The van der Waals surface area contributed by atoms with Crippen LogP contribution in [0, 0.1) is 0 Å². The number of furan rings is 1. The minimum absolute atomic E-state index is 0.0948. The maximum atomic E-state index is 10.6. The van der Waals surface area contributed by atoms with E-state index in [1.165, 1.54) is 17.8 Å². The Morgan fingerprint density at radius 1 is 1.33 bits per heavy atom. The Balaban J connectivity index is 2.06. The Bertz CT molecular complexity index is 585. The number of carbonyl (C=O) groups is 1. The van der Waals surface area contributed by atoms with Crippen LogP contribution < -0.4 is 0 Å². The minimum atomic E-state index is -1.10. The summed E-state index contributed by atoms with van der Waals surface area (Å²) in [7, 11) is 0. The third kappa shape index (κ3) is 3.19. The summed E-state index contributed by atoms with van der Waals surface area (Å²) in [6.07, 6.45) is 0. The molecular formula is C11H7Cl2NO3S. The van der Waals surface area contributed by atoms with Gasteiger partial charge in [0.25, 0.3) is 0 Å². The van der Waals surface area contributed by atoms with Crippen molar-refractivity contribution in [3.05, 3.63) is 45.9 Å². The van der Waals surface area contributed by atoms with E-state index in [0.717, 1.165) is 0 Å². The number of pyridine rings is 1. The highest BCUT2D eigenvalue weighted by molar-refractivity contribution is 7.98. The van der Waals surface area contributed by atoms with Crippen molar-refractivity contribution in [1.82, 2.24) is 4.98 Å². The quantitative estimate of drug-likeness (QED) is 0.684. The molecule has 0 bridgehead atoms. The molecule has 4 nitrogen and oxygen atoms in total. The van der Waals surface area contributed by atoms with E-state index < -0.39 is 5.97 Å². The Hall–Kier alpha value is -1.17. The zero-order valence-electron chi connectivity index (χ0n) is 8.89. The van der Waals surface area contributed by atoms with Gasteiger partial charge in [0.15, 0.2) is 5.09 Å². The van der Waals surface area contributed by atoms with E-state index in [1.54, 1.807) is 18.2 Å². The van der Waals surface area contributed by atoms with Gasteiger partial charge in [0, 0.05) is 5.75 Å². The number of rotatable bonds is 4. The smallest absolute Gasteiger partial charge is 0.371 e. The second kappa shape index (κ2) is 5.65. The van der Waals surface area contributed by atoms with Gasteiger partial charge in [0.05, 0.1) is 10.7 Å². The first-order valence-electron chi connectivity index (χ1n) is 4.83. The van der Waals surface area contributed by atoms with Crippen LogP contribution in [0.25, 0.3) is 0 Å². The standard InChI is InChI=1S/C11H7Cl2NO3S/c12-6-1-3-9(13)14-7(6)5-18-10-4-2-8(17-10)11(15)16/h1-4H,5H2,(H,15,16). The van der Waals surface area contributed by atoms with Crippen molar-refractivity contribution >= 4 is 40.9 Å². The number of aromatic carboxylic acids is 1. The van der Waals surface area contributed by atoms with Crippen molar-refractivity contribution in [2.75, 3.05) is 0 Å². The zero-order chi connectivity index (χ0) is 13.1. The van der Waals surface area contributed by atoms with Gasteiger partial charge in [-0.25, -0.2) is 9.78 Å². The van der Waals surface area contributed by atoms with Crippen LogP contribution in [0.3, 0.4) is 0 Å². The fraction of sp³-hybridized carbons (Fsp3) is 0.0909. The van der Waals surface area contributed by atoms with Crippen molar-refractivity contribution in [2.24, 2.45) is 0 Å². The Morgan fingerprint density at radius 2 is 2.11 bits per heavy atom. The van der Waals surface area contributed by atoms with E-state index >= 15 is 0 Å². The van der Waals surface area contributed by atoms with Crippen LogP contribution in [0.15, 0.2) is 33.8 Å². The lowest BCUT2D eigenvalue weighted by Crippen LogP contribution is -1.91. The summed E-state index contributed by atoms with van der Waals surface area (Å²) >= 11 is 13.0. The number of thioether (sulfide) groups is 1. The molecule has 0 aliphatic rings. The van der Waals surface area contributed by atoms with Crippen LogP contribution in [-0.4, -0.2) is 16.1 Å². The van der Waals surface area contributed by atoms with Gasteiger partial charge in [-0.1, -0.05) is 35.0 Å². The molecule has 0 atom stereocenters. The van der Waals surface area contributed by atoms with E-state index in [9.17, 15) is 4.79 Å². The average Bonchev–Trinajstić information content (AvgIpc) is 2.79. The maximum Gasteiger partial charge on any atom is 0.371 e. The van der Waals surface area contributed by atoms with Gasteiger partial charge >= 0.3 is 5.97 Å². The number of halogens is 2. The van der Waals surface area contributed by atoms with Crippen LogP contribution in [0.2, 0.25) is 10.2 Å². The molecule has 0 aliphatic heterocycles. The first kappa shape index (κ1) is 13.3. The minimum Gasteiger partial charge on any atom is -0.475 e. The molecule has 0 radical (unpaired) electrons. The SMILES string of the molecule is O=C(O)c1ccc(SCc2nc(Cl)ccc2Cl)o1. The second-order valence-corrected chi connectivity index (χ2v) is 5.05. The average molecular weight is 304 g/mol. The van der Waals surface area contributed by atoms with Gasteiger partial charge in [0.2, 0.25) is 5.76 Å². The molecule has 0 saturated carbocycles.